The van der Waals surface area contributed by atoms with Crippen molar-refractivity contribution >= 4 is 21.6 Å². The van der Waals surface area contributed by atoms with E-state index in [1.54, 1.807) is 26.0 Å². The van der Waals surface area contributed by atoms with Gasteiger partial charge in [-0.05, 0) is 43.7 Å². The number of anilines is 1. The number of halogens is 2. The van der Waals surface area contributed by atoms with Crippen molar-refractivity contribution in [1.82, 2.24) is 15.1 Å². The summed E-state index contributed by atoms with van der Waals surface area (Å²) < 4.78 is 59.5. The maximum Gasteiger partial charge on any atom is 0.189 e. The van der Waals surface area contributed by atoms with Gasteiger partial charge in [0.15, 0.2) is 33.1 Å². The number of rotatable bonds is 7. The predicted molar refractivity (Wildman–Crippen MR) is 135 cm³/mol. The second-order valence-electron chi connectivity index (χ2n) is 8.36. The van der Waals surface area contributed by atoms with Crippen LogP contribution in [0.25, 0.3) is 34.0 Å². The molecule has 2 aromatic heterocycles. The lowest BCUT2D eigenvalue weighted by Crippen LogP contribution is -2.22. The Morgan fingerprint density at radius 2 is 1.70 bits per heavy atom. The third-order valence-corrected chi connectivity index (χ3v) is 7.62. The number of aromatic nitrogens is 3. The van der Waals surface area contributed by atoms with Crippen LogP contribution < -0.4 is 17.2 Å². The van der Waals surface area contributed by atoms with Crippen LogP contribution in [0.1, 0.15) is 19.4 Å². The lowest BCUT2D eigenvalue weighted by Gasteiger charge is -2.09. The molecule has 2 heterocycles. The number of sulfone groups is 1. The van der Waals surface area contributed by atoms with Crippen molar-refractivity contribution in [3.8, 4) is 34.0 Å². The highest BCUT2D eigenvalue weighted by molar-refractivity contribution is 7.92. The Labute approximate surface area is 211 Å². The van der Waals surface area contributed by atoms with Gasteiger partial charge in [0.2, 0.25) is 0 Å². The van der Waals surface area contributed by atoms with E-state index in [-0.39, 0.29) is 45.9 Å². The number of nitrogens with two attached hydrogens (primary N) is 3. The molecule has 4 rings (SSSR count). The first kappa shape index (κ1) is 25.7. The van der Waals surface area contributed by atoms with E-state index in [2.05, 4.69) is 20.1 Å². The van der Waals surface area contributed by atoms with Gasteiger partial charge in [-0.15, -0.1) is 0 Å². The molecule has 0 spiro atoms. The molecule has 0 unspecified atom stereocenters. The van der Waals surface area contributed by atoms with Crippen LogP contribution in [-0.4, -0.2) is 34.8 Å². The summed E-state index contributed by atoms with van der Waals surface area (Å²) in [6.07, 6.45) is 1.41. The molecular formula is C24H23F2N7O3S. The largest absolute Gasteiger partial charge is 0.382 e. The van der Waals surface area contributed by atoms with Gasteiger partial charge >= 0.3 is 0 Å². The van der Waals surface area contributed by atoms with E-state index in [0.717, 1.165) is 12.1 Å². The third-order valence-electron chi connectivity index (χ3n) is 5.45. The Bertz CT molecular complexity index is 1570. The molecule has 0 amide bonds. The van der Waals surface area contributed by atoms with Gasteiger partial charge in [-0.25, -0.2) is 32.2 Å². The van der Waals surface area contributed by atoms with Crippen LogP contribution in [0, 0.1) is 11.6 Å². The minimum Gasteiger partial charge on any atom is -0.382 e. The quantitative estimate of drug-likeness (QED) is 0.240. The fourth-order valence-corrected chi connectivity index (χ4v) is 4.51. The third kappa shape index (κ3) is 5.26. The van der Waals surface area contributed by atoms with Gasteiger partial charge in [0, 0.05) is 11.6 Å². The molecule has 10 nitrogen and oxygen atoms in total. The van der Waals surface area contributed by atoms with Crippen LogP contribution in [0.5, 0.6) is 0 Å². The van der Waals surface area contributed by atoms with Gasteiger partial charge in [-0.2, -0.15) is 0 Å². The molecule has 0 bridgehead atoms. The predicted octanol–water partition coefficient (Wildman–Crippen LogP) is 3.28. The van der Waals surface area contributed by atoms with Crippen molar-refractivity contribution in [2.75, 3.05) is 5.73 Å². The van der Waals surface area contributed by atoms with E-state index in [9.17, 15) is 17.2 Å². The minimum absolute atomic E-state index is 0.000942. The molecule has 13 heteroatoms. The van der Waals surface area contributed by atoms with Crippen molar-refractivity contribution in [3.63, 3.8) is 0 Å². The van der Waals surface area contributed by atoms with Gasteiger partial charge in [0.25, 0.3) is 0 Å². The van der Waals surface area contributed by atoms with Crippen LogP contribution in [0.4, 0.5) is 14.6 Å². The number of guanidine groups is 1. The first-order valence-corrected chi connectivity index (χ1v) is 12.5. The minimum atomic E-state index is -3.43. The summed E-state index contributed by atoms with van der Waals surface area (Å²) in [6.45, 7) is 3.11. The number of nitrogens with zero attached hydrogens (tertiary/aromatic N) is 4. The summed E-state index contributed by atoms with van der Waals surface area (Å²) in [5.41, 5.74) is 17.2. The Hall–Kier alpha value is -4.39. The summed E-state index contributed by atoms with van der Waals surface area (Å²) in [5, 5.41) is 3.21. The van der Waals surface area contributed by atoms with Crippen LogP contribution in [0.3, 0.4) is 0 Å². The summed E-state index contributed by atoms with van der Waals surface area (Å²) in [4.78, 5) is 12.5. The second kappa shape index (κ2) is 9.93. The molecule has 0 aliphatic carbocycles. The standard InChI is InChI=1S/C24H23F2N7O3S/c1-12(2)37(34,35)15-5-3-14(4-6-15)19-11-30-23(27)22(32-19)20-9-18(33-36-20)21-16(25)7-13(8-17(21)26)10-31-24(28)29/h3-9,11-12H,10H2,1-2H3,(H2,27,30)(H4,28,29,31). The van der Waals surface area contributed by atoms with E-state index >= 15 is 0 Å². The highest BCUT2D eigenvalue weighted by Crippen LogP contribution is 2.32. The summed E-state index contributed by atoms with van der Waals surface area (Å²) in [5.74, 6) is -1.94. The zero-order valence-electron chi connectivity index (χ0n) is 19.8. The van der Waals surface area contributed by atoms with Gasteiger partial charge < -0.3 is 21.7 Å². The topological polar surface area (TPSA) is 176 Å². The number of hydrogen-bond acceptors (Lipinski definition) is 8. The van der Waals surface area contributed by atoms with Crippen LogP contribution in [0.15, 0.2) is 63.1 Å². The number of benzene rings is 2. The molecule has 0 saturated heterocycles. The smallest absolute Gasteiger partial charge is 0.189 e. The van der Waals surface area contributed by atoms with Crippen LogP contribution in [0.2, 0.25) is 0 Å². The monoisotopic (exact) mass is 527 g/mol. The molecule has 0 aliphatic rings. The zero-order valence-corrected chi connectivity index (χ0v) is 20.6. The molecule has 0 radical (unpaired) electrons. The SMILES string of the molecule is CC(C)S(=O)(=O)c1ccc(-c2cnc(N)c(-c3cc(-c4c(F)cc(CN=C(N)N)cc4F)no3)n2)cc1. The van der Waals surface area contributed by atoms with Crippen molar-refractivity contribution in [3.05, 3.63) is 65.9 Å². The highest BCUT2D eigenvalue weighted by Gasteiger charge is 2.22. The summed E-state index contributed by atoms with van der Waals surface area (Å²) in [6, 6.07) is 9.64. The molecular weight excluding hydrogens is 504 g/mol. The molecule has 0 fully saturated rings. The van der Waals surface area contributed by atoms with Gasteiger partial charge in [0.05, 0.1) is 34.1 Å². The van der Waals surface area contributed by atoms with E-state index in [0.29, 0.717) is 11.3 Å². The van der Waals surface area contributed by atoms with Crippen molar-refractivity contribution in [2.45, 2.75) is 30.5 Å². The van der Waals surface area contributed by atoms with E-state index in [1.807, 2.05) is 0 Å². The molecule has 6 N–H and O–H groups in total. The Balaban J connectivity index is 1.67. The fraction of sp³-hybridized carbons (Fsp3) is 0.167. The zero-order chi connectivity index (χ0) is 26.9. The second-order valence-corrected chi connectivity index (χ2v) is 10.9. The number of nitrogen functional groups attached to an aromatic ring is 1. The first-order chi connectivity index (χ1) is 17.5. The van der Waals surface area contributed by atoms with Crippen molar-refractivity contribution in [1.29, 1.82) is 0 Å². The maximum absolute atomic E-state index is 14.7. The van der Waals surface area contributed by atoms with E-state index < -0.39 is 32.3 Å². The van der Waals surface area contributed by atoms with Gasteiger partial charge in [0.1, 0.15) is 17.3 Å². The van der Waals surface area contributed by atoms with Gasteiger partial charge in [-0.3, -0.25) is 0 Å². The molecule has 0 atom stereocenters. The molecule has 37 heavy (non-hydrogen) atoms. The lowest BCUT2D eigenvalue weighted by molar-refractivity contribution is 0.432. The first-order valence-electron chi connectivity index (χ1n) is 10.9. The highest BCUT2D eigenvalue weighted by atomic mass is 32.2. The molecule has 0 aliphatic heterocycles. The number of hydrogen-bond donors (Lipinski definition) is 3. The average Bonchev–Trinajstić information content (AvgIpc) is 3.32. The molecule has 4 aromatic rings. The molecule has 0 saturated carbocycles. The number of aliphatic imine (C=N–C) groups is 1. The maximum atomic E-state index is 14.7. The average molecular weight is 528 g/mol. The van der Waals surface area contributed by atoms with Crippen molar-refractivity contribution in [2.24, 2.45) is 16.5 Å². The summed E-state index contributed by atoms with van der Waals surface area (Å²) >= 11 is 0. The lowest BCUT2D eigenvalue weighted by atomic mass is 10.1. The Morgan fingerprint density at radius 1 is 1.05 bits per heavy atom. The normalized spacial score (nSPS) is 11.6. The summed E-state index contributed by atoms with van der Waals surface area (Å²) in [7, 11) is -3.43. The van der Waals surface area contributed by atoms with Crippen molar-refractivity contribution < 1.29 is 21.7 Å². The van der Waals surface area contributed by atoms with Gasteiger partial charge in [-0.1, -0.05) is 17.3 Å². The van der Waals surface area contributed by atoms with E-state index in [4.69, 9.17) is 21.7 Å². The molecule has 192 valence electrons. The molecule has 2 aromatic carbocycles. The van der Waals surface area contributed by atoms with E-state index in [1.165, 1.54) is 24.4 Å². The Morgan fingerprint density at radius 3 is 2.30 bits per heavy atom. The van der Waals surface area contributed by atoms with Crippen LogP contribution in [-0.2, 0) is 16.4 Å². The van der Waals surface area contributed by atoms with Crippen LogP contribution >= 0.6 is 0 Å². The fourth-order valence-electron chi connectivity index (χ4n) is 3.46. The Kier molecular flexibility index (Phi) is 6.90.